The minimum Gasteiger partial charge on any atom is -0.281 e. The van der Waals surface area contributed by atoms with Crippen LogP contribution in [-0.4, -0.2) is 15.2 Å². The highest BCUT2D eigenvalue weighted by molar-refractivity contribution is 7.17. The molecule has 2 aromatic heterocycles. The first-order valence-corrected chi connectivity index (χ1v) is 5.85. The molecule has 1 aromatic carbocycles. The SMILES string of the molecule is CC(C)c1[nH]nc2c1ccc1ncsc12. The Hall–Kier alpha value is -1.42. The molecule has 76 valence electrons. The number of benzene rings is 1. The molecule has 0 aliphatic heterocycles. The van der Waals surface area contributed by atoms with E-state index in [2.05, 4.69) is 41.2 Å². The quantitative estimate of drug-likeness (QED) is 0.679. The van der Waals surface area contributed by atoms with E-state index < -0.39 is 0 Å². The molecular weight excluding hydrogens is 206 g/mol. The van der Waals surface area contributed by atoms with Gasteiger partial charge in [0.2, 0.25) is 0 Å². The first-order chi connectivity index (χ1) is 7.27. The Kier molecular flexibility index (Phi) is 1.79. The van der Waals surface area contributed by atoms with Crippen LogP contribution in [0.15, 0.2) is 17.6 Å². The Labute approximate surface area is 91.1 Å². The van der Waals surface area contributed by atoms with Gasteiger partial charge in [0.1, 0.15) is 5.52 Å². The normalized spacial score (nSPS) is 11.9. The maximum atomic E-state index is 4.39. The number of nitrogens with one attached hydrogen (secondary N) is 1. The van der Waals surface area contributed by atoms with Crippen molar-refractivity contribution in [2.24, 2.45) is 0 Å². The molecule has 0 radical (unpaired) electrons. The second-order valence-corrected chi connectivity index (χ2v) is 4.81. The lowest BCUT2D eigenvalue weighted by atomic mass is 10.1. The molecule has 0 spiro atoms. The van der Waals surface area contributed by atoms with Crippen LogP contribution < -0.4 is 0 Å². The van der Waals surface area contributed by atoms with Gasteiger partial charge in [-0.3, -0.25) is 5.10 Å². The summed E-state index contributed by atoms with van der Waals surface area (Å²) in [5.41, 5.74) is 5.17. The van der Waals surface area contributed by atoms with Crippen LogP contribution in [0.5, 0.6) is 0 Å². The summed E-state index contributed by atoms with van der Waals surface area (Å²) in [7, 11) is 0. The Balaban J connectivity index is 2.46. The number of fused-ring (bicyclic) bond motifs is 3. The van der Waals surface area contributed by atoms with Gasteiger partial charge in [0.15, 0.2) is 0 Å². The van der Waals surface area contributed by atoms with Gasteiger partial charge in [-0.2, -0.15) is 5.10 Å². The monoisotopic (exact) mass is 217 g/mol. The number of nitrogens with zero attached hydrogens (tertiary/aromatic N) is 2. The summed E-state index contributed by atoms with van der Waals surface area (Å²) in [5.74, 6) is 0.473. The third-order valence-electron chi connectivity index (χ3n) is 2.63. The number of aromatic nitrogens is 3. The minimum absolute atomic E-state index is 0.473. The second kappa shape index (κ2) is 3.03. The van der Waals surface area contributed by atoms with E-state index in [4.69, 9.17) is 0 Å². The molecule has 0 saturated heterocycles. The molecule has 0 atom stereocenters. The van der Waals surface area contributed by atoms with Crippen molar-refractivity contribution in [2.75, 3.05) is 0 Å². The molecule has 3 rings (SSSR count). The zero-order chi connectivity index (χ0) is 10.4. The summed E-state index contributed by atoms with van der Waals surface area (Å²) in [6.07, 6.45) is 0. The lowest BCUT2D eigenvalue weighted by Crippen LogP contribution is -1.87. The Bertz CT molecular complexity index is 621. The van der Waals surface area contributed by atoms with Crippen LogP contribution in [0.25, 0.3) is 21.1 Å². The summed E-state index contributed by atoms with van der Waals surface area (Å²) in [6.45, 7) is 4.34. The molecule has 4 heteroatoms. The molecule has 0 aliphatic rings. The van der Waals surface area contributed by atoms with Crippen molar-refractivity contribution in [1.29, 1.82) is 0 Å². The summed E-state index contributed by atoms with van der Waals surface area (Å²) in [5, 5.41) is 8.73. The van der Waals surface area contributed by atoms with Crippen molar-refractivity contribution in [1.82, 2.24) is 15.2 Å². The molecule has 0 saturated carbocycles. The standard InChI is InChI=1S/C11H11N3S/c1-6(2)9-7-3-4-8-11(15-5-12-8)10(7)14-13-9/h3-6H,1-2H3,(H,13,14). The van der Waals surface area contributed by atoms with Gasteiger partial charge in [-0.1, -0.05) is 13.8 Å². The van der Waals surface area contributed by atoms with Crippen molar-refractivity contribution in [3.8, 4) is 0 Å². The number of hydrogen-bond acceptors (Lipinski definition) is 3. The Morgan fingerprint density at radius 3 is 3.00 bits per heavy atom. The van der Waals surface area contributed by atoms with E-state index in [0.29, 0.717) is 5.92 Å². The lowest BCUT2D eigenvalue weighted by molar-refractivity contribution is 0.818. The van der Waals surface area contributed by atoms with Gasteiger partial charge in [0.25, 0.3) is 0 Å². The molecule has 0 unspecified atom stereocenters. The second-order valence-electron chi connectivity index (χ2n) is 3.95. The van der Waals surface area contributed by atoms with Gasteiger partial charge >= 0.3 is 0 Å². The third kappa shape index (κ3) is 1.18. The zero-order valence-corrected chi connectivity index (χ0v) is 9.43. The average Bonchev–Trinajstić information content (AvgIpc) is 2.82. The Morgan fingerprint density at radius 1 is 1.33 bits per heavy atom. The number of rotatable bonds is 1. The first-order valence-electron chi connectivity index (χ1n) is 4.97. The smallest absolute Gasteiger partial charge is 0.112 e. The molecule has 2 heterocycles. The van der Waals surface area contributed by atoms with Crippen LogP contribution in [0.2, 0.25) is 0 Å². The van der Waals surface area contributed by atoms with Crippen molar-refractivity contribution in [3.05, 3.63) is 23.3 Å². The number of thiazole rings is 1. The minimum atomic E-state index is 0.473. The summed E-state index contributed by atoms with van der Waals surface area (Å²) >= 11 is 1.65. The molecule has 0 amide bonds. The fourth-order valence-corrected chi connectivity index (χ4v) is 2.64. The fraction of sp³-hybridized carbons (Fsp3) is 0.273. The van der Waals surface area contributed by atoms with E-state index in [1.165, 1.54) is 15.8 Å². The molecule has 0 bridgehead atoms. The number of aromatic amines is 1. The summed E-state index contributed by atoms with van der Waals surface area (Å²) in [4.78, 5) is 4.29. The molecule has 0 aliphatic carbocycles. The molecule has 3 nitrogen and oxygen atoms in total. The lowest BCUT2D eigenvalue weighted by Gasteiger charge is -2.00. The van der Waals surface area contributed by atoms with Crippen LogP contribution in [0.1, 0.15) is 25.5 Å². The number of hydrogen-bond donors (Lipinski definition) is 1. The maximum Gasteiger partial charge on any atom is 0.112 e. The largest absolute Gasteiger partial charge is 0.281 e. The van der Waals surface area contributed by atoms with E-state index >= 15 is 0 Å². The van der Waals surface area contributed by atoms with Crippen molar-refractivity contribution >= 4 is 32.5 Å². The predicted octanol–water partition coefficient (Wildman–Crippen LogP) is 3.30. The van der Waals surface area contributed by atoms with Gasteiger partial charge in [-0.15, -0.1) is 11.3 Å². The van der Waals surface area contributed by atoms with Gasteiger partial charge in [-0.25, -0.2) is 4.98 Å². The van der Waals surface area contributed by atoms with Crippen molar-refractivity contribution < 1.29 is 0 Å². The summed E-state index contributed by atoms with van der Waals surface area (Å²) in [6, 6.07) is 4.17. The van der Waals surface area contributed by atoms with E-state index in [1.54, 1.807) is 11.3 Å². The first kappa shape index (κ1) is 8.85. The molecule has 3 aromatic rings. The zero-order valence-electron chi connectivity index (χ0n) is 8.61. The van der Waals surface area contributed by atoms with Gasteiger partial charge in [0.05, 0.1) is 15.7 Å². The van der Waals surface area contributed by atoms with Gasteiger partial charge in [-0.05, 0) is 18.1 Å². The van der Waals surface area contributed by atoms with E-state index in [9.17, 15) is 0 Å². The summed E-state index contributed by atoms with van der Waals surface area (Å²) < 4.78 is 1.18. The fourth-order valence-electron chi connectivity index (χ4n) is 1.86. The van der Waals surface area contributed by atoms with Crippen LogP contribution >= 0.6 is 11.3 Å². The van der Waals surface area contributed by atoms with E-state index in [0.717, 1.165) is 11.0 Å². The third-order valence-corrected chi connectivity index (χ3v) is 3.48. The highest BCUT2D eigenvalue weighted by atomic mass is 32.1. The highest BCUT2D eigenvalue weighted by Crippen LogP contribution is 2.30. The molecule has 0 fully saturated rings. The van der Waals surface area contributed by atoms with Crippen LogP contribution in [0.4, 0.5) is 0 Å². The van der Waals surface area contributed by atoms with Crippen LogP contribution in [0.3, 0.4) is 0 Å². The van der Waals surface area contributed by atoms with Gasteiger partial charge < -0.3 is 0 Å². The topological polar surface area (TPSA) is 41.6 Å². The van der Waals surface area contributed by atoms with Gasteiger partial charge in [0, 0.05) is 11.1 Å². The highest BCUT2D eigenvalue weighted by Gasteiger charge is 2.11. The average molecular weight is 217 g/mol. The molecule has 15 heavy (non-hydrogen) atoms. The van der Waals surface area contributed by atoms with Crippen molar-refractivity contribution in [3.63, 3.8) is 0 Å². The molecule has 1 N–H and O–H groups in total. The Morgan fingerprint density at radius 2 is 2.20 bits per heavy atom. The predicted molar refractivity (Wildman–Crippen MR) is 63.4 cm³/mol. The van der Waals surface area contributed by atoms with E-state index in [-0.39, 0.29) is 0 Å². The van der Waals surface area contributed by atoms with Crippen molar-refractivity contribution in [2.45, 2.75) is 19.8 Å². The van der Waals surface area contributed by atoms with Crippen LogP contribution in [-0.2, 0) is 0 Å². The van der Waals surface area contributed by atoms with Crippen LogP contribution in [0, 0.1) is 0 Å². The molecular formula is C11H11N3S. The number of H-pyrrole nitrogens is 1. The van der Waals surface area contributed by atoms with E-state index in [1.807, 2.05) is 5.51 Å². The maximum absolute atomic E-state index is 4.39.